The summed E-state index contributed by atoms with van der Waals surface area (Å²) < 4.78 is 0. The highest BCUT2D eigenvalue weighted by molar-refractivity contribution is 6.01. The average Bonchev–Trinajstić information content (AvgIpc) is 2.75. The molecule has 1 saturated carbocycles. The van der Waals surface area contributed by atoms with E-state index < -0.39 is 11.9 Å². The van der Waals surface area contributed by atoms with Gasteiger partial charge in [-0.15, -0.1) is 0 Å². The summed E-state index contributed by atoms with van der Waals surface area (Å²) in [5.41, 5.74) is 2.62. The van der Waals surface area contributed by atoms with Crippen molar-refractivity contribution in [2.75, 3.05) is 0 Å². The summed E-state index contributed by atoms with van der Waals surface area (Å²) in [6.07, 6.45) is 4.36. The molecule has 1 atom stereocenters. The third-order valence-corrected chi connectivity index (χ3v) is 3.36. The molecule has 0 spiro atoms. The van der Waals surface area contributed by atoms with Crippen LogP contribution in [0.3, 0.4) is 0 Å². The number of hydrogen-bond acceptors (Lipinski definition) is 2. The summed E-state index contributed by atoms with van der Waals surface area (Å²) in [7, 11) is 0. The van der Waals surface area contributed by atoms with Gasteiger partial charge in [0.2, 0.25) is 0 Å². The van der Waals surface area contributed by atoms with Crippen LogP contribution in [0.1, 0.15) is 43.2 Å². The number of carbonyl (C=O) groups excluding carboxylic acids is 1. The van der Waals surface area contributed by atoms with Crippen LogP contribution in [0.4, 0.5) is 0 Å². The first-order valence-electron chi connectivity index (χ1n) is 6.14. The number of hydrogen-bond donors (Lipinski definition) is 1. The van der Waals surface area contributed by atoms with Gasteiger partial charge in [-0.3, -0.25) is 9.59 Å². The predicted molar refractivity (Wildman–Crippen MR) is 69.3 cm³/mol. The van der Waals surface area contributed by atoms with Gasteiger partial charge in [-0.2, -0.15) is 0 Å². The van der Waals surface area contributed by atoms with E-state index in [2.05, 4.69) is 0 Å². The molecule has 1 aliphatic rings. The lowest BCUT2D eigenvalue weighted by Gasteiger charge is -2.06. The monoisotopic (exact) mass is 244 g/mol. The molecule has 1 aromatic rings. The number of carboxylic acid groups (broad SMARTS) is 1. The second kappa shape index (κ2) is 5.17. The molecular formula is C15H16O3. The Kier molecular flexibility index (Phi) is 3.60. The average molecular weight is 244 g/mol. The number of Topliss-reactive ketones (excluding diaryl/α,β-unsaturated/α-hetero) is 1. The first kappa shape index (κ1) is 12.6. The van der Waals surface area contributed by atoms with Gasteiger partial charge in [-0.25, -0.2) is 0 Å². The number of rotatable bonds is 3. The zero-order valence-corrected chi connectivity index (χ0v) is 10.3. The van der Waals surface area contributed by atoms with Gasteiger partial charge in [0, 0.05) is 6.42 Å². The molecule has 1 fully saturated rings. The van der Waals surface area contributed by atoms with Crippen molar-refractivity contribution in [2.45, 2.75) is 32.1 Å². The minimum Gasteiger partial charge on any atom is -0.481 e. The number of ketones is 1. The molecule has 0 radical (unpaired) electrons. The summed E-state index contributed by atoms with van der Waals surface area (Å²) in [5, 5.41) is 8.91. The molecule has 1 N–H and O–H groups in total. The van der Waals surface area contributed by atoms with Gasteiger partial charge in [0.25, 0.3) is 0 Å². The van der Waals surface area contributed by atoms with Gasteiger partial charge in [0.15, 0.2) is 5.78 Å². The summed E-state index contributed by atoms with van der Waals surface area (Å²) in [4.78, 5) is 22.3. The van der Waals surface area contributed by atoms with Crippen LogP contribution in [0.25, 0.3) is 6.08 Å². The van der Waals surface area contributed by atoms with Crippen LogP contribution in [0.5, 0.6) is 0 Å². The largest absolute Gasteiger partial charge is 0.481 e. The highest BCUT2D eigenvalue weighted by atomic mass is 16.4. The standard InChI is InChI=1S/C15H16O3/c1-10(15(17)18)12-7-5-11(6-8-12)9-13-3-2-4-14(13)16/h5-10H,2-4H2,1H3,(H,17,18)/b13-9+/t10-/m1/s1. The van der Waals surface area contributed by atoms with Gasteiger partial charge in [0.05, 0.1) is 5.92 Å². The predicted octanol–water partition coefficient (Wildman–Crippen LogP) is 3.01. The third kappa shape index (κ3) is 2.67. The van der Waals surface area contributed by atoms with E-state index in [1.165, 1.54) is 0 Å². The highest BCUT2D eigenvalue weighted by Crippen LogP contribution is 2.23. The molecule has 3 nitrogen and oxygen atoms in total. The van der Waals surface area contributed by atoms with E-state index in [9.17, 15) is 9.59 Å². The summed E-state index contributed by atoms with van der Waals surface area (Å²) in [5.74, 6) is -1.09. The first-order valence-corrected chi connectivity index (χ1v) is 6.14. The quantitative estimate of drug-likeness (QED) is 0.831. The second-order valence-electron chi connectivity index (χ2n) is 4.67. The van der Waals surface area contributed by atoms with Crippen LogP contribution < -0.4 is 0 Å². The minimum absolute atomic E-state index is 0.234. The van der Waals surface area contributed by atoms with E-state index in [-0.39, 0.29) is 5.78 Å². The summed E-state index contributed by atoms with van der Waals surface area (Å²) >= 11 is 0. The number of carboxylic acids is 1. The van der Waals surface area contributed by atoms with Crippen molar-refractivity contribution in [3.8, 4) is 0 Å². The zero-order chi connectivity index (χ0) is 13.1. The van der Waals surface area contributed by atoms with E-state index >= 15 is 0 Å². The molecule has 1 aromatic carbocycles. The number of carbonyl (C=O) groups is 2. The smallest absolute Gasteiger partial charge is 0.310 e. The fourth-order valence-electron chi connectivity index (χ4n) is 2.12. The van der Waals surface area contributed by atoms with Gasteiger partial charge < -0.3 is 5.11 Å². The van der Waals surface area contributed by atoms with Crippen molar-refractivity contribution in [3.05, 3.63) is 41.0 Å². The van der Waals surface area contributed by atoms with Crippen LogP contribution in [-0.2, 0) is 9.59 Å². The maximum absolute atomic E-state index is 11.5. The van der Waals surface area contributed by atoms with E-state index in [4.69, 9.17) is 5.11 Å². The number of allylic oxidation sites excluding steroid dienone is 1. The van der Waals surface area contributed by atoms with Gasteiger partial charge >= 0.3 is 5.97 Å². The topological polar surface area (TPSA) is 54.4 Å². The fraction of sp³-hybridized carbons (Fsp3) is 0.333. The molecule has 1 aliphatic carbocycles. The SMILES string of the molecule is C[C@@H](C(=O)O)c1ccc(/C=C2\CCCC2=O)cc1. The van der Waals surface area contributed by atoms with Crippen molar-refractivity contribution in [2.24, 2.45) is 0 Å². The third-order valence-electron chi connectivity index (χ3n) is 3.36. The molecule has 0 bridgehead atoms. The van der Waals surface area contributed by atoms with Crippen LogP contribution >= 0.6 is 0 Å². The lowest BCUT2D eigenvalue weighted by atomic mass is 9.99. The Bertz CT molecular complexity index is 497. The van der Waals surface area contributed by atoms with Crippen molar-refractivity contribution in [3.63, 3.8) is 0 Å². The molecule has 94 valence electrons. The van der Waals surface area contributed by atoms with Gasteiger partial charge in [-0.05, 0) is 42.5 Å². The normalized spacial score (nSPS) is 19.2. The van der Waals surface area contributed by atoms with Gasteiger partial charge in [0.1, 0.15) is 0 Å². The summed E-state index contributed by atoms with van der Waals surface area (Å²) in [6, 6.07) is 7.36. The van der Waals surface area contributed by atoms with Gasteiger partial charge in [-0.1, -0.05) is 24.3 Å². The molecule has 0 saturated heterocycles. The van der Waals surface area contributed by atoms with Crippen LogP contribution in [0, 0.1) is 0 Å². The van der Waals surface area contributed by atoms with Crippen LogP contribution in [-0.4, -0.2) is 16.9 Å². The Hall–Kier alpha value is -1.90. The Morgan fingerprint density at radius 3 is 2.44 bits per heavy atom. The van der Waals surface area contributed by atoms with Crippen molar-refractivity contribution < 1.29 is 14.7 Å². The molecule has 0 heterocycles. The molecular weight excluding hydrogens is 228 g/mol. The van der Waals surface area contributed by atoms with Crippen LogP contribution in [0.2, 0.25) is 0 Å². The molecule has 2 rings (SSSR count). The Morgan fingerprint density at radius 2 is 1.94 bits per heavy atom. The van der Waals surface area contributed by atoms with Crippen molar-refractivity contribution in [1.82, 2.24) is 0 Å². The lowest BCUT2D eigenvalue weighted by molar-refractivity contribution is -0.138. The molecule has 18 heavy (non-hydrogen) atoms. The Morgan fingerprint density at radius 1 is 1.28 bits per heavy atom. The van der Waals surface area contributed by atoms with Crippen molar-refractivity contribution in [1.29, 1.82) is 0 Å². The highest BCUT2D eigenvalue weighted by Gasteiger charge is 2.17. The summed E-state index contributed by atoms with van der Waals surface area (Å²) in [6.45, 7) is 1.66. The minimum atomic E-state index is -0.827. The lowest BCUT2D eigenvalue weighted by Crippen LogP contribution is -2.06. The Balaban J connectivity index is 2.18. The number of benzene rings is 1. The molecule has 0 unspecified atom stereocenters. The maximum Gasteiger partial charge on any atom is 0.310 e. The van der Waals surface area contributed by atoms with E-state index in [0.29, 0.717) is 6.42 Å². The van der Waals surface area contributed by atoms with E-state index in [1.54, 1.807) is 6.92 Å². The van der Waals surface area contributed by atoms with Crippen LogP contribution in [0.15, 0.2) is 29.8 Å². The molecule has 0 amide bonds. The number of aliphatic carboxylic acids is 1. The zero-order valence-electron chi connectivity index (χ0n) is 10.3. The molecule has 0 aromatic heterocycles. The second-order valence-corrected chi connectivity index (χ2v) is 4.67. The Labute approximate surface area is 106 Å². The molecule has 3 heteroatoms. The first-order chi connectivity index (χ1) is 8.58. The fourth-order valence-corrected chi connectivity index (χ4v) is 2.12. The van der Waals surface area contributed by atoms with Crippen molar-refractivity contribution >= 4 is 17.8 Å². The maximum atomic E-state index is 11.5. The van der Waals surface area contributed by atoms with E-state index in [1.807, 2.05) is 30.3 Å². The van der Waals surface area contributed by atoms with E-state index in [0.717, 1.165) is 29.5 Å². The molecule has 0 aliphatic heterocycles.